The van der Waals surface area contributed by atoms with E-state index < -0.39 is 24.0 Å². The number of aliphatic hydroxyl groups is 1. The molecule has 0 saturated heterocycles. The van der Waals surface area contributed by atoms with Crippen LogP contribution in [0.1, 0.15) is 80.6 Å². The first-order valence-electron chi connectivity index (χ1n) is 12.3. The molecule has 34 heavy (non-hydrogen) atoms. The highest BCUT2D eigenvalue weighted by Gasteiger charge is 2.55. The third-order valence-electron chi connectivity index (χ3n) is 8.27. The molecule has 0 aliphatic heterocycles. The first kappa shape index (κ1) is 28.1. The van der Waals surface area contributed by atoms with Gasteiger partial charge in [-0.3, -0.25) is 9.59 Å². The molecule has 0 aromatic carbocycles. The van der Waals surface area contributed by atoms with Crippen LogP contribution in [0.2, 0.25) is 0 Å². The highest BCUT2D eigenvalue weighted by molar-refractivity contribution is 5.82. The van der Waals surface area contributed by atoms with Gasteiger partial charge in [0.15, 0.2) is 6.10 Å². The lowest BCUT2D eigenvalue weighted by Gasteiger charge is -2.59. The molecule has 5 atom stereocenters. The van der Waals surface area contributed by atoms with Gasteiger partial charge in [-0.15, -0.1) is 0 Å². The molecular weight excluding hydrogens is 436 g/mol. The zero-order valence-electron chi connectivity index (χ0n) is 21.8. The van der Waals surface area contributed by atoms with Crippen molar-refractivity contribution in [2.75, 3.05) is 13.2 Å². The van der Waals surface area contributed by atoms with Crippen LogP contribution in [0.25, 0.3) is 0 Å². The summed E-state index contributed by atoms with van der Waals surface area (Å²) < 4.78 is 15.2. The average molecular weight is 479 g/mol. The summed E-state index contributed by atoms with van der Waals surface area (Å²) in [7, 11) is 0. The molecule has 0 aromatic rings. The topological polar surface area (TPSA) is 99.1 Å². The second-order valence-electron chi connectivity index (χ2n) is 10.7. The van der Waals surface area contributed by atoms with Gasteiger partial charge in [0.05, 0.1) is 6.10 Å². The van der Waals surface area contributed by atoms with Crippen molar-refractivity contribution in [2.45, 2.75) is 92.8 Å². The zero-order chi connectivity index (χ0) is 25.7. The number of rotatable bonds is 9. The van der Waals surface area contributed by atoms with Crippen LogP contribution >= 0.6 is 0 Å². The van der Waals surface area contributed by atoms with E-state index >= 15 is 0 Å². The summed E-state index contributed by atoms with van der Waals surface area (Å²) in [6.45, 7) is 13.0. The molecule has 0 heterocycles. The molecule has 0 unspecified atom stereocenters. The number of carbonyl (C=O) groups excluding carboxylic acids is 3. The minimum Gasteiger partial charge on any atom is -0.462 e. The molecule has 0 radical (unpaired) electrons. The van der Waals surface area contributed by atoms with Gasteiger partial charge in [0.1, 0.15) is 13.2 Å². The number of hydrogen-bond acceptors (Lipinski definition) is 7. The Bertz CT molecular complexity index is 811. The van der Waals surface area contributed by atoms with E-state index in [9.17, 15) is 19.5 Å². The van der Waals surface area contributed by atoms with E-state index in [-0.39, 0.29) is 36.1 Å². The van der Waals surface area contributed by atoms with E-state index in [1.807, 2.05) is 6.92 Å². The molecule has 0 spiro atoms. The van der Waals surface area contributed by atoms with Crippen LogP contribution in [0.15, 0.2) is 23.3 Å². The molecule has 2 aliphatic rings. The van der Waals surface area contributed by atoms with Gasteiger partial charge in [0.25, 0.3) is 0 Å². The van der Waals surface area contributed by atoms with Gasteiger partial charge < -0.3 is 19.3 Å². The minimum absolute atomic E-state index is 0.00385. The van der Waals surface area contributed by atoms with E-state index in [4.69, 9.17) is 14.2 Å². The van der Waals surface area contributed by atoms with Gasteiger partial charge in [-0.2, -0.15) is 0 Å². The number of allylic oxidation sites excluding steroid dienone is 3. The molecule has 0 aromatic heterocycles. The van der Waals surface area contributed by atoms with Crippen LogP contribution < -0.4 is 0 Å². The van der Waals surface area contributed by atoms with Crippen LogP contribution in [0.5, 0.6) is 0 Å². The highest BCUT2D eigenvalue weighted by atomic mass is 16.6. The molecular formula is C27H42O7. The number of hydrogen-bond donors (Lipinski definition) is 1. The van der Waals surface area contributed by atoms with Crippen molar-refractivity contribution in [1.82, 2.24) is 0 Å². The molecule has 2 aliphatic carbocycles. The van der Waals surface area contributed by atoms with Crippen LogP contribution in [0.4, 0.5) is 0 Å². The molecule has 1 N–H and O–H groups in total. The summed E-state index contributed by atoms with van der Waals surface area (Å²) in [6.07, 6.45) is 7.09. The molecule has 0 amide bonds. The van der Waals surface area contributed by atoms with Crippen molar-refractivity contribution in [3.05, 3.63) is 23.3 Å². The molecule has 1 saturated carbocycles. The number of esters is 3. The Balaban J connectivity index is 2.06. The minimum atomic E-state index is -0.868. The lowest BCUT2D eigenvalue weighted by atomic mass is 9.46. The van der Waals surface area contributed by atoms with E-state index in [0.29, 0.717) is 12.3 Å². The smallest absolute Gasteiger partial charge is 0.331 e. The molecule has 192 valence electrons. The van der Waals surface area contributed by atoms with E-state index in [0.717, 1.165) is 31.3 Å². The third kappa shape index (κ3) is 6.71. The Labute approximate surface area is 203 Å². The number of ether oxygens (including phenoxy) is 3. The fraction of sp³-hybridized carbons (Fsp3) is 0.741. The molecule has 0 bridgehead atoms. The third-order valence-corrected chi connectivity index (χ3v) is 8.27. The lowest BCUT2D eigenvalue weighted by molar-refractivity contribution is -0.162. The monoisotopic (exact) mass is 478 g/mol. The second kappa shape index (κ2) is 11.5. The SMILES string of the molecule is CC(=O)OCC(COC(C)=O)OC(=O)/C=C(\C)CC[C@]1(C)[C@@H](C)[C@@H](O)C[C@]2(C)C(C)=CCC[C@@H]12. The van der Waals surface area contributed by atoms with Crippen molar-refractivity contribution < 1.29 is 33.7 Å². The van der Waals surface area contributed by atoms with Gasteiger partial charge in [-0.05, 0) is 68.6 Å². The first-order valence-corrected chi connectivity index (χ1v) is 12.3. The Hall–Kier alpha value is -2.15. The zero-order valence-corrected chi connectivity index (χ0v) is 21.8. The number of aliphatic hydroxyl groups excluding tert-OH is 1. The molecule has 1 fully saturated rings. The van der Waals surface area contributed by atoms with E-state index in [1.165, 1.54) is 25.5 Å². The van der Waals surface area contributed by atoms with Crippen LogP contribution in [-0.2, 0) is 28.6 Å². The van der Waals surface area contributed by atoms with Crippen molar-refractivity contribution >= 4 is 17.9 Å². The van der Waals surface area contributed by atoms with Crippen LogP contribution in [0, 0.1) is 22.7 Å². The Kier molecular flexibility index (Phi) is 9.52. The standard InChI is InChI=1S/C27H42O7/c1-17(13-25(31)34-22(15-32-20(4)28)16-33-21(5)29)11-12-26(6)19(3)23(30)14-27(7)18(2)9-8-10-24(26)27/h9,13,19,22-24,30H,8,10-12,14-16H2,1-7H3/b17-13+/t19-,23-,24-,26+,27+/m0/s1. The second-order valence-corrected chi connectivity index (χ2v) is 10.7. The average Bonchev–Trinajstić information content (AvgIpc) is 2.74. The maximum atomic E-state index is 12.5. The predicted octanol–water partition coefficient (Wildman–Crippen LogP) is 4.52. The highest BCUT2D eigenvalue weighted by Crippen LogP contribution is 2.61. The van der Waals surface area contributed by atoms with E-state index in [1.54, 1.807) is 0 Å². The summed E-state index contributed by atoms with van der Waals surface area (Å²) in [5, 5.41) is 10.9. The van der Waals surface area contributed by atoms with Crippen molar-refractivity contribution in [3.8, 4) is 0 Å². The first-order chi connectivity index (χ1) is 15.8. The number of fused-ring (bicyclic) bond motifs is 1. The Morgan fingerprint density at radius 3 is 2.29 bits per heavy atom. The van der Waals surface area contributed by atoms with Gasteiger partial charge in [-0.1, -0.05) is 38.0 Å². The fourth-order valence-corrected chi connectivity index (χ4v) is 5.90. The summed E-state index contributed by atoms with van der Waals surface area (Å²) in [5.41, 5.74) is 2.19. The van der Waals surface area contributed by atoms with Gasteiger partial charge in [-0.25, -0.2) is 4.79 Å². The van der Waals surface area contributed by atoms with Gasteiger partial charge in [0, 0.05) is 19.9 Å². The van der Waals surface area contributed by atoms with E-state index in [2.05, 4.69) is 33.8 Å². The Morgan fingerprint density at radius 2 is 1.74 bits per heavy atom. The van der Waals surface area contributed by atoms with Gasteiger partial charge in [0.2, 0.25) is 0 Å². The maximum absolute atomic E-state index is 12.5. The summed E-state index contributed by atoms with van der Waals surface area (Å²) in [4.78, 5) is 34.7. The summed E-state index contributed by atoms with van der Waals surface area (Å²) in [5.74, 6) is -0.946. The molecule has 2 rings (SSSR count). The van der Waals surface area contributed by atoms with Crippen molar-refractivity contribution in [1.29, 1.82) is 0 Å². The quantitative estimate of drug-likeness (QED) is 0.225. The fourth-order valence-electron chi connectivity index (χ4n) is 5.90. The Morgan fingerprint density at radius 1 is 1.15 bits per heavy atom. The summed E-state index contributed by atoms with van der Waals surface area (Å²) in [6, 6.07) is 0. The largest absolute Gasteiger partial charge is 0.462 e. The van der Waals surface area contributed by atoms with Crippen LogP contribution in [0.3, 0.4) is 0 Å². The van der Waals surface area contributed by atoms with Crippen molar-refractivity contribution in [3.63, 3.8) is 0 Å². The lowest BCUT2D eigenvalue weighted by Crippen LogP contribution is -2.55. The number of carbonyl (C=O) groups is 3. The molecule has 7 nitrogen and oxygen atoms in total. The maximum Gasteiger partial charge on any atom is 0.331 e. The van der Waals surface area contributed by atoms with Gasteiger partial charge >= 0.3 is 17.9 Å². The van der Waals surface area contributed by atoms with Crippen LogP contribution in [-0.4, -0.2) is 48.4 Å². The summed E-state index contributed by atoms with van der Waals surface area (Å²) >= 11 is 0. The predicted molar refractivity (Wildman–Crippen MR) is 129 cm³/mol. The normalized spacial score (nSPS) is 31.4. The molecule has 7 heteroatoms. The van der Waals surface area contributed by atoms with Crippen molar-refractivity contribution in [2.24, 2.45) is 22.7 Å².